The van der Waals surface area contributed by atoms with E-state index in [1.165, 1.54) is 0 Å². The van der Waals surface area contributed by atoms with Gasteiger partial charge in [-0.2, -0.15) is 0 Å². The summed E-state index contributed by atoms with van der Waals surface area (Å²) in [7, 11) is -3.08. The number of nitrogens with one attached hydrogen (secondary N) is 1. The number of hydrogen-bond acceptors (Lipinski definition) is 6. The Hall–Kier alpha value is -0.150. The first kappa shape index (κ1) is 15.9. The third-order valence-electron chi connectivity index (χ3n) is 2.28. The zero-order valence-electron chi connectivity index (χ0n) is 9.67. The number of alkyl halides is 1. The second-order valence-corrected chi connectivity index (χ2v) is 6.90. The van der Waals surface area contributed by atoms with Crippen LogP contribution in [0.2, 0.25) is 0 Å². The van der Waals surface area contributed by atoms with Crippen molar-refractivity contribution in [3.63, 3.8) is 0 Å². The highest BCUT2D eigenvalue weighted by Gasteiger charge is 2.36. The van der Waals surface area contributed by atoms with Crippen molar-refractivity contribution in [2.75, 3.05) is 37.9 Å². The van der Waals surface area contributed by atoms with Crippen LogP contribution in [0.3, 0.4) is 0 Å². The van der Waals surface area contributed by atoms with Crippen molar-refractivity contribution in [1.29, 1.82) is 0 Å². The average Bonchev–Trinajstić information content (AvgIpc) is 2.51. The molecule has 1 fully saturated rings. The Morgan fingerprint density at radius 2 is 2.11 bits per heavy atom. The standard InChI is InChI=1S/C9H16ClNO5S2/c10-7-5-18(13,14)6-8(7)11-9(17)16-4-3-15-2-1-12/h7-8,12H,1-6H2,(H,11,17)/t7-,8-/m0/s1. The van der Waals surface area contributed by atoms with E-state index in [-0.39, 0.29) is 36.5 Å². The maximum atomic E-state index is 11.3. The summed E-state index contributed by atoms with van der Waals surface area (Å²) in [4.78, 5) is 0. The average molecular weight is 318 g/mol. The third kappa shape index (κ3) is 5.66. The van der Waals surface area contributed by atoms with Gasteiger partial charge in [0.1, 0.15) is 6.61 Å². The molecule has 1 heterocycles. The lowest BCUT2D eigenvalue weighted by Gasteiger charge is -2.16. The van der Waals surface area contributed by atoms with Gasteiger partial charge in [-0.15, -0.1) is 11.6 Å². The Bertz CT molecular complexity index is 375. The van der Waals surface area contributed by atoms with Gasteiger partial charge in [-0.3, -0.25) is 0 Å². The van der Waals surface area contributed by atoms with Crippen LogP contribution in [0.15, 0.2) is 0 Å². The summed E-state index contributed by atoms with van der Waals surface area (Å²) < 4.78 is 32.7. The first-order valence-corrected chi connectivity index (χ1v) is 8.07. The third-order valence-corrected chi connectivity index (χ3v) is 4.89. The lowest BCUT2D eigenvalue weighted by Crippen LogP contribution is -2.41. The highest BCUT2D eigenvalue weighted by molar-refractivity contribution is 7.91. The summed E-state index contributed by atoms with van der Waals surface area (Å²) in [5, 5.41) is 10.8. The van der Waals surface area contributed by atoms with E-state index in [1.54, 1.807) is 0 Å². The molecule has 6 nitrogen and oxygen atoms in total. The molecule has 0 aromatic carbocycles. The van der Waals surface area contributed by atoms with E-state index in [4.69, 9.17) is 38.4 Å². The van der Waals surface area contributed by atoms with Gasteiger partial charge in [0, 0.05) is 0 Å². The number of hydrogen-bond donors (Lipinski definition) is 2. The monoisotopic (exact) mass is 317 g/mol. The molecule has 9 heteroatoms. The molecule has 1 aliphatic rings. The molecule has 106 valence electrons. The van der Waals surface area contributed by atoms with Crippen LogP contribution in [-0.2, 0) is 19.3 Å². The molecule has 0 spiro atoms. The highest BCUT2D eigenvalue weighted by Crippen LogP contribution is 2.17. The maximum Gasteiger partial charge on any atom is 0.257 e. The number of halogens is 1. The maximum absolute atomic E-state index is 11.3. The summed E-state index contributed by atoms with van der Waals surface area (Å²) in [6, 6.07) is -0.414. The van der Waals surface area contributed by atoms with Crippen molar-refractivity contribution in [1.82, 2.24) is 5.32 Å². The largest absolute Gasteiger partial charge is 0.469 e. The molecule has 0 radical (unpaired) electrons. The quantitative estimate of drug-likeness (QED) is 0.380. The molecule has 1 saturated heterocycles. The summed E-state index contributed by atoms with van der Waals surface area (Å²) in [6.07, 6.45) is 0. The first-order valence-electron chi connectivity index (χ1n) is 5.41. The summed E-state index contributed by atoms with van der Waals surface area (Å²) in [6.45, 7) is 0.735. The van der Waals surface area contributed by atoms with Gasteiger partial charge in [-0.1, -0.05) is 0 Å². The van der Waals surface area contributed by atoms with E-state index < -0.39 is 21.3 Å². The summed E-state index contributed by atoms with van der Waals surface area (Å²) >= 11 is 10.8. The normalized spacial score (nSPS) is 25.9. The van der Waals surface area contributed by atoms with Gasteiger partial charge >= 0.3 is 0 Å². The Balaban J connectivity index is 2.20. The second-order valence-electron chi connectivity index (χ2n) is 3.82. The number of sulfone groups is 1. The van der Waals surface area contributed by atoms with E-state index >= 15 is 0 Å². The molecular weight excluding hydrogens is 302 g/mol. The Morgan fingerprint density at radius 3 is 2.67 bits per heavy atom. The topological polar surface area (TPSA) is 84.9 Å². The van der Waals surface area contributed by atoms with E-state index in [9.17, 15) is 8.42 Å². The lowest BCUT2D eigenvalue weighted by atomic mass is 10.3. The molecule has 1 aliphatic heterocycles. The van der Waals surface area contributed by atoms with Crippen molar-refractivity contribution >= 4 is 38.8 Å². The molecule has 0 aromatic heterocycles. The predicted molar refractivity (Wildman–Crippen MR) is 71.7 cm³/mol. The van der Waals surface area contributed by atoms with Gasteiger partial charge in [0.25, 0.3) is 5.17 Å². The molecule has 2 N–H and O–H groups in total. The van der Waals surface area contributed by atoms with E-state index in [0.29, 0.717) is 6.61 Å². The van der Waals surface area contributed by atoms with Crippen LogP contribution in [0.1, 0.15) is 0 Å². The molecular formula is C9H16ClNO5S2. The SMILES string of the molecule is O=S1(=O)C[C@H](NC(=S)OCCOCCO)[C@@H](Cl)C1. The molecule has 0 aromatic rings. The summed E-state index contributed by atoms with van der Waals surface area (Å²) in [5.74, 6) is -0.0832. The molecule has 0 unspecified atom stereocenters. The van der Waals surface area contributed by atoms with Crippen molar-refractivity contribution in [3.05, 3.63) is 0 Å². The smallest absolute Gasteiger partial charge is 0.257 e. The van der Waals surface area contributed by atoms with Gasteiger partial charge < -0.3 is 19.9 Å². The van der Waals surface area contributed by atoms with E-state index in [0.717, 1.165) is 0 Å². The molecule has 0 bridgehead atoms. The second kappa shape index (κ2) is 7.44. The van der Waals surface area contributed by atoms with Crippen LogP contribution in [0.4, 0.5) is 0 Å². The van der Waals surface area contributed by atoms with Crippen LogP contribution in [-0.4, -0.2) is 68.1 Å². The number of rotatable bonds is 6. The predicted octanol–water partition coefficient (Wildman–Crippen LogP) is -0.709. The Morgan fingerprint density at radius 1 is 1.39 bits per heavy atom. The number of thiocarbonyl (C=S) groups is 1. The minimum Gasteiger partial charge on any atom is -0.469 e. The first-order chi connectivity index (χ1) is 8.44. The fourth-order valence-corrected chi connectivity index (χ4v) is 4.27. The lowest BCUT2D eigenvalue weighted by molar-refractivity contribution is 0.0675. The molecule has 0 amide bonds. The number of aliphatic hydroxyl groups excluding tert-OH is 1. The zero-order valence-corrected chi connectivity index (χ0v) is 12.1. The minimum absolute atomic E-state index is 0.0360. The van der Waals surface area contributed by atoms with E-state index in [1.807, 2.05) is 0 Å². The molecule has 0 aliphatic carbocycles. The van der Waals surface area contributed by atoms with Gasteiger partial charge in [0.15, 0.2) is 9.84 Å². The summed E-state index contributed by atoms with van der Waals surface area (Å²) in [5.41, 5.74) is 0. The van der Waals surface area contributed by atoms with Crippen LogP contribution >= 0.6 is 23.8 Å². The zero-order chi connectivity index (χ0) is 13.6. The van der Waals surface area contributed by atoms with E-state index in [2.05, 4.69) is 5.32 Å². The van der Waals surface area contributed by atoms with Crippen LogP contribution < -0.4 is 5.32 Å². The van der Waals surface area contributed by atoms with Gasteiger partial charge in [0.2, 0.25) is 0 Å². The molecule has 1 rings (SSSR count). The minimum atomic E-state index is -3.08. The van der Waals surface area contributed by atoms with Crippen LogP contribution in [0, 0.1) is 0 Å². The van der Waals surface area contributed by atoms with Crippen LogP contribution in [0.25, 0.3) is 0 Å². The molecule has 0 saturated carbocycles. The number of aliphatic hydroxyl groups is 1. The number of ether oxygens (including phenoxy) is 2. The highest BCUT2D eigenvalue weighted by atomic mass is 35.5. The van der Waals surface area contributed by atoms with Crippen molar-refractivity contribution in [3.8, 4) is 0 Å². The van der Waals surface area contributed by atoms with Crippen molar-refractivity contribution < 1.29 is 23.0 Å². The van der Waals surface area contributed by atoms with Crippen molar-refractivity contribution in [2.45, 2.75) is 11.4 Å². The molecule has 18 heavy (non-hydrogen) atoms. The van der Waals surface area contributed by atoms with Gasteiger partial charge in [0.05, 0.1) is 42.7 Å². The van der Waals surface area contributed by atoms with Crippen molar-refractivity contribution in [2.24, 2.45) is 0 Å². The Kier molecular flexibility index (Phi) is 6.58. The fraction of sp³-hybridized carbons (Fsp3) is 0.889. The molecule has 2 atom stereocenters. The Labute approximate surface area is 117 Å². The van der Waals surface area contributed by atoms with Gasteiger partial charge in [-0.25, -0.2) is 8.42 Å². The fourth-order valence-electron chi connectivity index (χ4n) is 1.49. The van der Waals surface area contributed by atoms with Gasteiger partial charge in [-0.05, 0) is 12.2 Å². The van der Waals surface area contributed by atoms with Crippen LogP contribution in [0.5, 0.6) is 0 Å².